The average Bonchev–Trinajstić information content (AvgIpc) is 2.08. The topological polar surface area (TPSA) is 38.3 Å². The fourth-order valence-electron chi connectivity index (χ4n) is 0.906. The lowest BCUT2D eigenvalue weighted by Gasteiger charge is -2.39. The van der Waals surface area contributed by atoms with E-state index in [1.54, 1.807) is 0 Å². The van der Waals surface area contributed by atoms with E-state index in [1.807, 2.05) is 20.8 Å². The number of carbonyl (C=O) groups excluding carboxylic acids is 1. The minimum absolute atomic E-state index is 0.0230. The largest absolute Gasteiger partial charge is 0.464 e. The van der Waals surface area contributed by atoms with Gasteiger partial charge in [0.2, 0.25) is 0 Å². The summed E-state index contributed by atoms with van der Waals surface area (Å²) in [5.74, 6) is -0.183. The first-order chi connectivity index (χ1) is 7.35. The Bertz CT molecular complexity index is 256. The van der Waals surface area contributed by atoms with E-state index in [9.17, 15) is 4.79 Å². The maximum atomic E-state index is 11.6. The fraction of sp³-hybridized carbons (Fsp3) is 0.929. The zero-order valence-corrected chi connectivity index (χ0v) is 12.7. The smallest absolute Gasteiger partial charge is 0.319 e. The van der Waals surface area contributed by atoms with Gasteiger partial charge in [-0.25, -0.2) is 0 Å². The average molecular weight is 243 g/mol. The van der Waals surface area contributed by atoms with Gasteiger partial charge in [-0.1, -0.05) is 41.5 Å². The summed E-state index contributed by atoms with van der Waals surface area (Å²) in [5.41, 5.74) is 0.0142. The number of hydrogen-bond acceptors (Lipinski definition) is 3. The van der Waals surface area contributed by atoms with Crippen LogP contribution in [-0.4, -0.2) is 24.7 Å². The van der Waals surface area contributed by atoms with Gasteiger partial charge in [0, 0.05) is 5.54 Å². The molecule has 0 saturated heterocycles. The molecule has 0 spiro atoms. The van der Waals surface area contributed by atoms with Gasteiger partial charge in [-0.2, -0.15) is 0 Å². The van der Waals surface area contributed by atoms with Crippen LogP contribution in [0.4, 0.5) is 0 Å². The van der Waals surface area contributed by atoms with Crippen molar-refractivity contribution in [2.24, 2.45) is 10.8 Å². The lowest BCUT2D eigenvalue weighted by molar-refractivity contribution is -0.145. The Hall–Kier alpha value is -0.570. The van der Waals surface area contributed by atoms with E-state index in [0.29, 0.717) is 6.61 Å². The molecule has 17 heavy (non-hydrogen) atoms. The summed E-state index contributed by atoms with van der Waals surface area (Å²) >= 11 is 0. The van der Waals surface area contributed by atoms with E-state index >= 15 is 0 Å². The summed E-state index contributed by atoms with van der Waals surface area (Å²) in [6, 6.07) is 0. The molecule has 0 aromatic carbocycles. The molecule has 3 heteroatoms. The molecule has 0 saturated carbocycles. The Morgan fingerprint density at radius 1 is 1.00 bits per heavy atom. The Balaban J connectivity index is 4.09. The van der Waals surface area contributed by atoms with Crippen LogP contribution in [0.25, 0.3) is 0 Å². The summed E-state index contributed by atoms with van der Waals surface area (Å²) in [6.07, 6.45) is 0. The van der Waals surface area contributed by atoms with E-state index < -0.39 is 0 Å². The molecule has 0 aliphatic carbocycles. The highest BCUT2D eigenvalue weighted by atomic mass is 16.5. The van der Waals surface area contributed by atoms with Gasteiger partial charge in [0.1, 0.15) is 0 Å². The second-order valence-corrected chi connectivity index (χ2v) is 7.45. The predicted molar refractivity (Wildman–Crippen MR) is 72.0 cm³/mol. The van der Waals surface area contributed by atoms with Crippen molar-refractivity contribution in [2.75, 3.05) is 13.2 Å². The van der Waals surface area contributed by atoms with Gasteiger partial charge < -0.3 is 10.1 Å². The van der Waals surface area contributed by atoms with Gasteiger partial charge in [0.05, 0.1) is 13.2 Å². The number of nitrogens with one attached hydrogen (secondary N) is 1. The van der Waals surface area contributed by atoms with E-state index in [0.717, 1.165) is 0 Å². The highest BCUT2D eigenvalue weighted by Gasteiger charge is 2.32. The van der Waals surface area contributed by atoms with Crippen molar-refractivity contribution >= 4 is 5.97 Å². The molecule has 0 aromatic rings. The summed E-state index contributed by atoms with van der Waals surface area (Å²) < 4.78 is 5.21. The van der Waals surface area contributed by atoms with Crippen molar-refractivity contribution in [3.8, 4) is 0 Å². The van der Waals surface area contributed by atoms with Crippen molar-refractivity contribution in [1.82, 2.24) is 5.32 Å². The van der Waals surface area contributed by atoms with Gasteiger partial charge in [-0.15, -0.1) is 0 Å². The third-order valence-corrected chi connectivity index (χ3v) is 3.22. The molecule has 0 aliphatic heterocycles. The molecule has 0 bridgehead atoms. The Morgan fingerprint density at radius 3 is 1.82 bits per heavy atom. The van der Waals surface area contributed by atoms with Gasteiger partial charge in [0.25, 0.3) is 0 Å². The van der Waals surface area contributed by atoms with Gasteiger partial charge in [0.15, 0.2) is 0 Å². The van der Waals surface area contributed by atoms with Crippen LogP contribution in [-0.2, 0) is 9.53 Å². The number of hydrogen-bond donors (Lipinski definition) is 1. The zero-order chi connectivity index (χ0) is 13.9. The Morgan fingerprint density at radius 2 is 1.47 bits per heavy atom. The SMILES string of the molecule is CC(C)(C)COC(=O)CNC(C)(C)C(C)(C)C. The van der Waals surface area contributed by atoms with Crippen LogP contribution >= 0.6 is 0 Å². The lowest BCUT2D eigenvalue weighted by Crippen LogP contribution is -2.51. The van der Waals surface area contributed by atoms with E-state index in [4.69, 9.17) is 4.74 Å². The van der Waals surface area contributed by atoms with E-state index in [1.165, 1.54) is 0 Å². The molecule has 0 unspecified atom stereocenters. The Kier molecular flexibility index (Phi) is 5.20. The van der Waals surface area contributed by atoms with Crippen LogP contribution < -0.4 is 5.32 Å². The minimum atomic E-state index is -0.183. The van der Waals surface area contributed by atoms with Crippen LogP contribution in [0.15, 0.2) is 0 Å². The normalized spacial score (nSPS) is 13.6. The van der Waals surface area contributed by atoms with Crippen LogP contribution in [0.1, 0.15) is 55.4 Å². The van der Waals surface area contributed by atoms with Crippen LogP contribution in [0.5, 0.6) is 0 Å². The van der Waals surface area contributed by atoms with Gasteiger partial charge in [-0.3, -0.25) is 4.79 Å². The number of carbonyl (C=O) groups is 1. The van der Waals surface area contributed by atoms with Gasteiger partial charge in [-0.05, 0) is 24.7 Å². The summed E-state index contributed by atoms with van der Waals surface area (Å²) in [7, 11) is 0. The monoisotopic (exact) mass is 243 g/mol. The van der Waals surface area contributed by atoms with Crippen molar-refractivity contribution in [2.45, 2.75) is 60.9 Å². The first-order valence-electron chi connectivity index (χ1n) is 6.26. The molecule has 1 N–H and O–H groups in total. The molecule has 0 heterocycles. The predicted octanol–water partition coefficient (Wildman–Crippen LogP) is 2.99. The third kappa shape index (κ3) is 6.67. The second-order valence-electron chi connectivity index (χ2n) is 7.45. The molecule has 0 fully saturated rings. The molecule has 0 rings (SSSR count). The van der Waals surface area contributed by atoms with Crippen molar-refractivity contribution < 1.29 is 9.53 Å². The molecule has 0 radical (unpaired) electrons. The molecule has 0 aliphatic rings. The zero-order valence-electron chi connectivity index (χ0n) is 12.7. The molecule has 102 valence electrons. The summed E-state index contributed by atoms with van der Waals surface area (Å²) in [6.45, 7) is 17.5. The highest BCUT2D eigenvalue weighted by Crippen LogP contribution is 2.29. The first-order valence-corrected chi connectivity index (χ1v) is 6.26. The lowest BCUT2D eigenvalue weighted by atomic mass is 9.76. The van der Waals surface area contributed by atoms with Crippen molar-refractivity contribution in [1.29, 1.82) is 0 Å². The maximum absolute atomic E-state index is 11.6. The third-order valence-electron chi connectivity index (χ3n) is 3.22. The molecule has 0 aromatic heterocycles. The van der Waals surface area contributed by atoms with Crippen LogP contribution in [0.2, 0.25) is 0 Å². The maximum Gasteiger partial charge on any atom is 0.319 e. The molecule has 0 amide bonds. The highest BCUT2D eigenvalue weighted by molar-refractivity contribution is 5.71. The molecule has 3 nitrogen and oxygen atoms in total. The summed E-state index contributed by atoms with van der Waals surface area (Å²) in [5, 5.41) is 3.26. The van der Waals surface area contributed by atoms with Crippen LogP contribution in [0.3, 0.4) is 0 Å². The van der Waals surface area contributed by atoms with E-state index in [2.05, 4.69) is 39.9 Å². The standard InChI is InChI=1S/C14H29NO2/c1-12(2,3)10-17-11(16)9-15-14(7,8)13(4,5)6/h15H,9-10H2,1-8H3. The molecular weight excluding hydrogens is 214 g/mol. The van der Waals surface area contributed by atoms with E-state index in [-0.39, 0.29) is 28.9 Å². The van der Waals surface area contributed by atoms with Gasteiger partial charge >= 0.3 is 5.97 Å². The van der Waals surface area contributed by atoms with Crippen molar-refractivity contribution in [3.05, 3.63) is 0 Å². The van der Waals surface area contributed by atoms with Crippen molar-refractivity contribution in [3.63, 3.8) is 0 Å². The quantitative estimate of drug-likeness (QED) is 0.771. The minimum Gasteiger partial charge on any atom is -0.464 e. The first kappa shape index (κ1) is 16.4. The second kappa shape index (κ2) is 5.38. The summed E-state index contributed by atoms with van der Waals surface area (Å²) in [4.78, 5) is 11.6. The number of esters is 1. The number of ether oxygens (including phenoxy) is 1. The molecule has 0 atom stereocenters. The Labute approximate surface area is 106 Å². The van der Waals surface area contributed by atoms with Crippen LogP contribution in [0, 0.1) is 10.8 Å². The fourth-order valence-corrected chi connectivity index (χ4v) is 0.906. The molecular formula is C14H29NO2. The number of rotatable bonds is 4.